The summed E-state index contributed by atoms with van der Waals surface area (Å²) >= 11 is 0. The number of rotatable bonds is 4. The first-order chi connectivity index (χ1) is 10.9. The van der Waals surface area contributed by atoms with Crippen LogP contribution in [-0.4, -0.2) is 56.6 Å². The van der Waals surface area contributed by atoms with Crippen molar-refractivity contribution in [3.05, 3.63) is 18.3 Å². The second kappa shape index (κ2) is 5.78. The highest BCUT2D eigenvalue weighted by atomic mass is 32.2. The monoisotopic (exact) mass is 337 g/mol. The quantitative estimate of drug-likeness (QED) is 0.829. The van der Waals surface area contributed by atoms with Crippen molar-refractivity contribution >= 4 is 21.6 Å². The zero-order chi connectivity index (χ0) is 16.7. The fourth-order valence-corrected chi connectivity index (χ4v) is 4.56. The summed E-state index contributed by atoms with van der Waals surface area (Å²) in [5.74, 6) is 0.701. The lowest BCUT2D eigenvalue weighted by molar-refractivity contribution is -0.135. The molecule has 6 nitrogen and oxygen atoms in total. The third-order valence-electron chi connectivity index (χ3n) is 4.90. The molecule has 0 bridgehead atoms. The van der Waals surface area contributed by atoms with Crippen LogP contribution in [0.4, 0.5) is 5.82 Å². The zero-order valence-corrected chi connectivity index (χ0v) is 14.5. The molecule has 3 rings (SSSR count). The second-order valence-corrected chi connectivity index (χ2v) is 8.58. The largest absolute Gasteiger partial charge is 0.354 e. The van der Waals surface area contributed by atoms with Gasteiger partial charge in [0, 0.05) is 38.6 Å². The molecule has 0 radical (unpaired) electrons. The molecule has 2 saturated heterocycles. The van der Waals surface area contributed by atoms with Crippen LogP contribution in [0.1, 0.15) is 26.2 Å². The van der Waals surface area contributed by atoms with Gasteiger partial charge in [-0.15, -0.1) is 0 Å². The van der Waals surface area contributed by atoms with Gasteiger partial charge in [-0.05, 0) is 31.4 Å². The van der Waals surface area contributed by atoms with Crippen LogP contribution in [0.15, 0.2) is 23.2 Å². The zero-order valence-electron chi connectivity index (χ0n) is 13.7. The van der Waals surface area contributed by atoms with Crippen molar-refractivity contribution in [1.82, 2.24) is 9.88 Å². The van der Waals surface area contributed by atoms with E-state index in [-0.39, 0.29) is 16.2 Å². The molecule has 0 saturated carbocycles. The number of anilines is 1. The maximum atomic E-state index is 12.7. The second-order valence-electron chi connectivity index (χ2n) is 6.59. The summed E-state index contributed by atoms with van der Waals surface area (Å²) in [4.78, 5) is 21.2. The normalized spacial score (nSPS) is 24.9. The first kappa shape index (κ1) is 16.2. The number of carbonyl (C=O) groups excluding carboxylic acids is 1. The Morgan fingerprint density at radius 1 is 1.30 bits per heavy atom. The summed E-state index contributed by atoms with van der Waals surface area (Å²) in [7, 11) is -3.34. The van der Waals surface area contributed by atoms with Gasteiger partial charge in [-0.25, -0.2) is 13.4 Å². The molecule has 1 aromatic heterocycles. The fourth-order valence-electron chi connectivity index (χ4n) is 3.72. The van der Waals surface area contributed by atoms with Crippen molar-refractivity contribution in [2.45, 2.75) is 31.1 Å². The molecular formula is C16H23N3O3S. The van der Waals surface area contributed by atoms with E-state index in [2.05, 4.69) is 11.9 Å². The Balaban J connectivity index is 1.86. The third-order valence-corrected chi connectivity index (χ3v) is 6.02. The average Bonchev–Trinajstić information content (AvgIpc) is 3.07. The van der Waals surface area contributed by atoms with E-state index in [0.717, 1.165) is 32.4 Å². The van der Waals surface area contributed by atoms with Crippen molar-refractivity contribution < 1.29 is 13.2 Å². The smallest absolute Gasteiger partial charge is 0.230 e. The maximum Gasteiger partial charge on any atom is 0.230 e. The summed E-state index contributed by atoms with van der Waals surface area (Å²) in [5, 5.41) is 0. The number of sulfone groups is 1. The van der Waals surface area contributed by atoms with Gasteiger partial charge < -0.3 is 9.80 Å². The number of pyridine rings is 1. The van der Waals surface area contributed by atoms with E-state index < -0.39 is 9.84 Å². The minimum absolute atomic E-state index is 0.221. The standard InChI is InChI=1S/C16H23N3O3S/c1-3-9-18-10-6-16(15(18)20)7-11-19(12-16)14-13(23(2,21)22)5-4-8-17-14/h4-5,8H,3,6-7,9-12H2,1-2H3. The fraction of sp³-hybridized carbons (Fsp3) is 0.625. The minimum atomic E-state index is -3.34. The van der Waals surface area contributed by atoms with Crippen molar-refractivity contribution in [2.24, 2.45) is 5.41 Å². The van der Waals surface area contributed by atoms with Gasteiger partial charge in [0.2, 0.25) is 5.91 Å². The highest BCUT2D eigenvalue weighted by molar-refractivity contribution is 7.90. The lowest BCUT2D eigenvalue weighted by Crippen LogP contribution is -2.37. The van der Waals surface area contributed by atoms with Gasteiger partial charge in [-0.2, -0.15) is 0 Å². The van der Waals surface area contributed by atoms with Crippen LogP contribution in [0, 0.1) is 5.41 Å². The first-order valence-electron chi connectivity index (χ1n) is 8.07. The van der Waals surface area contributed by atoms with Crippen LogP contribution in [0.3, 0.4) is 0 Å². The molecule has 1 aromatic rings. The third kappa shape index (κ3) is 2.82. The van der Waals surface area contributed by atoms with Gasteiger partial charge in [-0.3, -0.25) is 4.79 Å². The molecule has 2 fully saturated rings. The van der Waals surface area contributed by atoms with Crippen LogP contribution in [0.5, 0.6) is 0 Å². The topological polar surface area (TPSA) is 70.6 Å². The number of hydrogen-bond donors (Lipinski definition) is 0. The Bertz CT molecular complexity index is 719. The molecule has 3 heterocycles. The van der Waals surface area contributed by atoms with E-state index in [1.165, 1.54) is 6.26 Å². The molecule has 1 amide bonds. The molecule has 0 aromatic carbocycles. The summed E-state index contributed by atoms with van der Waals surface area (Å²) in [6.07, 6.45) is 5.39. The Morgan fingerprint density at radius 3 is 2.74 bits per heavy atom. The predicted molar refractivity (Wildman–Crippen MR) is 88.1 cm³/mol. The first-order valence-corrected chi connectivity index (χ1v) is 9.96. The van der Waals surface area contributed by atoms with Gasteiger partial charge in [0.25, 0.3) is 0 Å². The van der Waals surface area contributed by atoms with Gasteiger partial charge in [0.05, 0.1) is 5.41 Å². The highest BCUT2D eigenvalue weighted by Gasteiger charge is 2.51. The summed E-state index contributed by atoms with van der Waals surface area (Å²) in [5.41, 5.74) is -0.360. The van der Waals surface area contributed by atoms with E-state index in [9.17, 15) is 13.2 Å². The number of aromatic nitrogens is 1. The van der Waals surface area contributed by atoms with Gasteiger partial charge in [0.1, 0.15) is 10.7 Å². The van der Waals surface area contributed by atoms with Gasteiger partial charge in [-0.1, -0.05) is 6.92 Å². The van der Waals surface area contributed by atoms with E-state index in [1.54, 1.807) is 18.3 Å². The van der Waals surface area contributed by atoms with E-state index in [0.29, 0.717) is 18.9 Å². The molecule has 2 aliphatic heterocycles. The molecule has 1 atom stereocenters. The van der Waals surface area contributed by atoms with Crippen molar-refractivity contribution in [3.63, 3.8) is 0 Å². The maximum absolute atomic E-state index is 12.7. The number of carbonyl (C=O) groups is 1. The summed E-state index contributed by atoms with van der Waals surface area (Å²) < 4.78 is 24.0. The predicted octanol–water partition coefficient (Wildman–Crippen LogP) is 1.32. The Kier molecular flexibility index (Phi) is 4.08. The molecule has 2 aliphatic rings. The molecule has 23 heavy (non-hydrogen) atoms. The van der Waals surface area contributed by atoms with Crippen molar-refractivity contribution in [3.8, 4) is 0 Å². The van der Waals surface area contributed by atoms with E-state index in [4.69, 9.17) is 0 Å². The molecule has 126 valence electrons. The van der Waals surface area contributed by atoms with Crippen molar-refractivity contribution in [1.29, 1.82) is 0 Å². The highest BCUT2D eigenvalue weighted by Crippen LogP contribution is 2.42. The lowest BCUT2D eigenvalue weighted by Gasteiger charge is -2.24. The van der Waals surface area contributed by atoms with Crippen LogP contribution >= 0.6 is 0 Å². The SMILES string of the molecule is CCCN1CCC2(CCN(c3ncccc3S(C)(=O)=O)C2)C1=O. The molecular weight excluding hydrogens is 314 g/mol. The number of nitrogens with zero attached hydrogens (tertiary/aromatic N) is 3. The Morgan fingerprint density at radius 2 is 2.04 bits per heavy atom. The molecule has 1 spiro atoms. The van der Waals surface area contributed by atoms with E-state index >= 15 is 0 Å². The molecule has 1 unspecified atom stereocenters. The van der Waals surface area contributed by atoms with Gasteiger partial charge in [0.15, 0.2) is 9.84 Å². The van der Waals surface area contributed by atoms with Crippen LogP contribution in [-0.2, 0) is 14.6 Å². The Hall–Kier alpha value is -1.63. The number of hydrogen-bond acceptors (Lipinski definition) is 5. The van der Waals surface area contributed by atoms with E-state index in [1.807, 2.05) is 9.80 Å². The van der Waals surface area contributed by atoms with Gasteiger partial charge >= 0.3 is 0 Å². The van der Waals surface area contributed by atoms with Crippen LogP contribution < -0.4 is 4.90 Å². The summed E-state index contributed by atoms with van der Waals surface area (Å²) in [6.45, 7) is 4.92. The molecule has 7 heteroatoms. The molecule has 0 aliphatic carbocycles. The average molecular weight is 337 g/mol. The van der Waals surface area contributed by atoms with Crippen molar-refractivity contribution in [2.75, 3.05) is 37.3 Å². The molecule has 0 N–H and O–H groups in total. The summed E-state index contributed by atoms with van der Waals surface area (Å²) in [6, 6.07) is 3.22. The Labute approximate surface area is 137 Å². The van der Waals surface area contributed by atoms with Crippen LogP contribution in [0.2, 0.25) is 0 Å². The number of likely N-dealkylation sites (tertiary alicyclic amines) is 1. The van der Waals surface area contributed by atoms with Crippen LogP contribution in [0.25, 0.3) is 0 Å². The number of amides is 1. The minimum Gasteiger partial charge on any atom is -0.354 e. The lowest BCUT2D eigenvalue weighted by atomic mass is 9.85.